The summed E-state index contributed by atoms with van der Waals surface area (Å²) in [6.07, 6.45) is -2.52. The number of aromatic nitrogens is 1. The average molecular weight is 251 g/mol. The molecule has 0 fully saturated rings. The van der Waals surface area contributed by atoms with E-state index in [1.54, 1.807) is 6.92 Å². The second-order valence-electron chi connectivity index (χ2n) is 2.64. The Morgan fingerprint density at radius 2 is 2.23 bits per heavy atom. The van der Waals surface area contributed by atoms with Gasteiger partial charge in [-0.1, -0.05) is 0 Å². The fraction of sp³-hybridized carbons (Fsp3) is 0.375. The highest BCUT2D eigenvalue weighted by Crippen LogP contribution is 2.25. The Labute approximate surface area is 83.3 Å². The summed E-state index contributed by atoms with van der Waals surface area (Å²) in [5.41, 5.74) is 6.14. The summed E-state index contributed by atoms with van der Waals surface area (Å²) < 4.78 is 25.4. The van der Waals surface area contributed by atoms with Gasteiger partial charge in [0.2, 0.25) is 0 Å². The van der Waals surface area contributed by atoms with Gasteiger partial charge in [-0.15, -0.1) is 0 Å². The van der Waals surface area contributed by atoms with Gasteiger partial charge < -0.3 is 5.73 Å². The Bertz CT molecular complexity index is 315. The Morgan fingerprint density at radius 3 is 2.69 bits per heavy atom. The van der Waals surface area contributed by atoms with Gasteiger partial charge in [0.15, 0.2) is 0 Å². The van der Waals surface area contributed by atoms with Crippen molar-refractivity contribution >= 4 is 15.9 Å². The third kappa shape index (κ3) is 2.22. The molecule has 0 bridgehead atoms. The Hall–Kier alpha value is -0.550. The molecule has 0 aromatic carbocycles. The summed E-state index contributed by atoms with van der Waals surface area (Å²) in [5.74, 6) is 0. The lowest BCUT2D eigenvalue weighted by Crippen LogP contribution is -2.06. The molecule has 2 nitrogen and oxygen atoms in total. The van der Waals surface area contributed by atoms with Crippen LogP contribution in [0.3, 0.4) is 0 Å². The molecule has 0 aliphatic carbocycles. The van der Waals surface area contributed by atoms with Crippen LogP contribution in [0.4, 0.5) is 8.78 Å². The molecule has 0 aliphatic heterocycles. The summed E-state index contributed by atoms with van der Waals surface area (Å²) in [6.45, 7) is 1.74. The summed E-state index contributed by atoms with van der Waals surface area (Å²) in [7, 11) is 0. The van der Waals surface area contributed by atoms with Crippen molar-refractivity contribution in [2.75, 3.05) is 0 Å². The first-order chi connectivity index (χ1) is 6.06. The van der Waals surface area contributed by atoms with E-state index in [9.17, 15) is 8.78 Å². The number of halogens is 3. The summed E-state index contributed by atoms with van der Waals surface area (Å²) in [4.78, 5) is 3.92. The van der Waals surface area contributed by atoms with Crippen molar-refractivity contribution < 1.29 is 8.78 Å². The molecule has 1 aromatic rings. The maximum Gasteiger partial charge on any atom is 0.265 e. The summed E-state index contributed by atoms with van der Waals surface area (Å²) >= 11 is 3.16. The van der Waals surface area contributed by atoms with Gasteiger partial charge in [-0.3, -0.25) is 0 Å². The molecule has 0 amide bonds. The van der Waals surface area contributed by atoms with Crippen molar-refractivity contribution in [1.29, 1.82) is 0 Å². The molecule has 13 heavy (non-hydrogen) atoms. The Kier molecular flexibility index (Phi) is 3.33. The van der Waals surface area contributed by atoms with Crippen LogP contribution in [-0.4, -0.2) is 4.98 Å². The van der Waals surface area contributed by atoms with Crippen LogP contribution in [0, 0.1) is 6.92 Å². The lowest BCUT2D eigenvalue weighted by molar-refractivity contribution is 0.149. The highest BCUT2D eigenvalue weighted by atomic mass is 79.9. The van der Waals surface area contributed by atoms with E-state index in [1.165, 1.54) is 6.07 Å². The quantitative estimate of drug-likeness (QED) is 0.820. The van der Waals surface area contributed by atoms with Crippen LogP contribution in [-0.2, 0) is 6.54 Å². The van der Waals surface area contributed by atoms with Crippen molar-refractivity contribution in [3.63, 3.8) is 0 Å². The van der Waals surface area contributed by atoms with Crippen molar-refractivity contribution in [3.8, 4) is 0 Å². The molecule has 0 unspecified atom stereocenters. The predicted molar refractivity (Wildman–Crippen MR) is 49.5 cm³/mol. The van der Waals surface area contributed by atoms with Crippen molar-refractivity contribution in [2.45, 2.75) is 19.9 Å². The molecule has 5 heteroatoms. The van der Waals surface area contributed by atoms with Gasteiger partial charge in [-0.25, -0.2) is 13.8 Å². The molecule has 72 valence electrons. The third-order valence-corrected chi connectivity index (χ3v) is 2.49. The van der Waals surface area contributed by atoms with E-state index in [-0.39, 0.29) is 17.8 Å². The molecule has 0 atom stereocenters. The fourth-order valence-corrected chi connectivity index (χ4v) is 1.33. The number of aryl methyl sites for hydroxylation is 1. The van der Waals surface area contributed by atoms with Gasteiger partial charge in [0, 0.05) is 12.1 Å². The number of pyridine rings is 1. The first kappa shape index (κ1) is 10.5. The van der Waals surface area contributed by atoms with Gasteiger partial charge in [0.1, 0.15) is 4.60 Å². The highest BCUT2D eigenvalue weighted by Gasteiger charge is 2.14. The van der Waals surface area contributed by atoms with E-state index in [0.717, 1.165) is 0 Å². The van der Waals surface area contributed by atoms with E-state index in [1.807, 2.05) is 0 Å². The van der Waals surface area contributed by atoms with Crippen LogP contribution in [0.25, 0.3) is 0 Å². The monoisotopic (exact) mass is 250 g/mol. The van der Waals surface area contributed by atoms with E-state index in [2.05, 4.69) is 20.9 Å². The molecule has 0 aliphatic rings. The van der Waals surface area contributed by atoms with Crippen molar-refractivity contribution in [1.82, 2.24) is 4.98 Å². The van der Waals surface area contributed by atoms with E-state index in [0.29, 0.717) is 10.2 Å². The maximum absolute atomic E-state index is 12.4. The number of alkyl halides is 2. The number of hydrogen-bond acceptors (Lipinski definition) is 2. The van der Waals surface area contributed by atoms with Gasteiger partial charge >= 0.3 is 0 Å². The molecule has 1 heterocycles. The van der Waals surface area contributed by atoms with Gasteiger partial charge in [-0.2, -0.15) is 0 Å². The van der Waals surface area contributed by atoms with Crippen molar-refractivity contribution in [3.05, 3.63) is 27.5 Å². The topological polar surface area (TPSA) is 38.9 Å². The maximum atomic E-state index is 12.4. The van der Waals surface area contributed by atoms with Crippen LogP contribution in [0.15, 0.2) is 10.7 Å². The van der Waals surface area contributed by atoms with E-state index < -0.39 is 6.43 Å². The molecular formula is C8H9BrF2N2. The number of hydrogen-bond donors (Lipinski definition) is 1. The standard InChI is InChI=1S/C8H9BrF2N2/c1-4-2-5(8(10)11)6(3-12)13-7(4)9/h2,8H,3,12H2,1H3. The SMILES string of the molecule is Cc1cc(C(F)F)c(CN)nc1Br. The zero-order chi connectivity index (χ0) is 10.0. The number of rotatable bonds is 2. The normalized spacial score (nSPS) is 10.9. The minimum atomic E-state index is -2.52. The molecule has 1 aromatic heterocycles. The fourth-order valence-electron chi connectivity index (χ4n) is 1.000. The minimum Gasteiger partial charge on any atom is -0.325 e. The highest BCUT2D eigenvalue weighted by molar-refractivity contribution is 9.10. The second-order valence-corrected chi connectivity index (χ2v) is 3.39. The van der Waals surface area contributed by atoms with Crippen LogP contribution in [0.1, 0.15) is 23.2 Å². The zero-order valence-electron chi connectivity index (χ0n) is 7.02. The van der Waals surface area contributed by atoms with Crippen LogP contribution in [0.5, 0.6) is 0 Å². The predicted octanol–water partition coefficient (Wildman–Crippen LogP) is 2.55. The van der Waals surface area contributed by atoms with Gasteiger partial charge in [-0.05, 0) is 34.5 Å². The van der Waals surface area contributed by atoms with Gasteiger partial charge in [0.05, 0.1) is 5.69 Å². The summed E-state index contributed by atoms with van der Waals surface area (Å²) in [6, 6.07) is 1.41. The van der Waals surface area contributed by atoms with Crippen LogP contribution < -0.4 is 5.73 Å². The molecule has 2 N–H and O–H groups in total. The molecule has 0 saturated heterocycles. The second kappa shape index (κ2) is 4.11. The first-order valence-corrected chi connectivity index (χ1v) is 4.49. The molecule has 0 saturated carbocycles. The largest absolute Gasteiger partial charge is 0.325 e. The van der Waals surface area contributed by atoms with Crippen LogP contribution in [0.2, 0.25) is 0 Å². The summed E-state index contributed by atoms with van der Waals surface area (Å²) in [5, 5.41) is 0. The molecule has 0 radical (unpaired) electrons. The average Bonchev–Trinajstić information content (AvgIpc) is 2.08. The molecule has 0 spiro atoms. The number of nitrogens with two attached hydrogens (primary N) is 1. The Morgan fingerprint density at radius 1 is 1.62 bits per heavy atom. The first-order valence-electron chi connectivity index (χ1n) is 3.70. The smallest absolute Gasteiger partial charge is 0.265 e. The zero-order valence-corrected chi connectivity index (χ0v) is 8.61. The van der Waals surface area contributed by atoms with E-state index in [4.69, 9.17) is 5.73 Å². The van der Waals surface area contributed by atoms with Crippen LogP contribution >= 0.6 is 15.9 Å². The molecular weight excluding hydrogens is 242 g/mol. The Balaban J connectivity index is 3.25. The lowest BCUT2D eigenvalue weighted by atomic mass is 10.1. The lowest BCUT2D eigenvalue weighted by Gasteiger charge is -2.08. The van der Waals surface area contributed by atoms with Crippen molar-refractivity contribution in [2.24, 2.45) is 5.73 Å². The molecule has 1 rings (SSSR count). The van der Waals surface area contributed by atoms with E-state index >= 15 is 0 Å². The van der Waals surface area contributed by atoms with Gasteiger partial charge in [0.25, 0.3) is 6.43 Å². The minimum absolute atomic E-state index is 0.0263. The number of nitrogens with zero attached hydrogens (tertiary/aromatic N) is 1. The third-order valence-electron chi connectivity index (χ3n) is 1.69.